The van der Waals surface area contributed by atoms with Crippen LogP contribution in [0.5, 0.6) is 5.75 Å². The average molecular weight is 337 g/mol. The highest BCUT2D eigenvalue weighted by atomic mass is 16.5. The number of nitrogens with one attached hydrogen (secondary N) is 2. The Morgan fingerprint density at radius 1 is 1.20 bits per heavy atom. The second-order valence-electron chi connectivity index (χ2n) is 5.26. The molecule has 3 rings (SSSR count). The minimum atomic E-state index is -0.275. The molecule has 0 fully saturated rings. The van der Waals surface area contributed by atoms with E-state index in [2.05, 4.69) is 20.6 Å². The molecule has 0 spiro atoms. The maximum atomic E-state index is 12.0. The molecule has 0 bridgehead atoms. The molecular weight excluding hydrogens is 318 g/mol. The number of hydrogen-bond donors (Lipinski definition) is 2. The molecule has 2 aromatic heterocycles. The first kappa shape index (κ1) is 16.5. The van der Waals surface area contributed by atoms with Crippen LogP contribution in [0.15, 0.2) is 61.3 Å². The van der Waals surface area contributed by atoms with Gasteiger partial charge in [0.05, 0.1) is 6.61 Å². The Labute approximate surface area is 145 Å². The molecule has 0 unspecified atom stereocenters. The van der Waals surface area contributed by atoms with Crippen molar-refractivity contribution in [3.8, 4) is 11.6 Å². The Morgan fingerprint density at radius 3 is 2.68 bits per heavy atom. The smallest absolute Gasteiger partial charge is 0.319 e. The number of benzene rings is 1. The summed E-state index contributed by atoms with van der Waals surface area (Å²) in [6, 6.07) is 10.7. The first-order valence-corrected chi connectivity index (χ1v) is 7.95. The fourth-order valence-corrected chi connectivity index (χ4v) is 2.23. The van der Waals surface area contributed by atoms with Gasteiger partial charge in [0, 0.05) is 30.8 Å². The number of imidazole rings is 1. The molecule has 0 saturated heterocycles. The number of urea groups is 1. The highest BCUT2D eigenvalue weighted by molar-refractivity contribution is 5.89. The molecule has 2 heterocycles. The SMILES string of the molecule is CCOc1ccc(NC(=O)NCc2ccc(-n3ccnc3)nc2)cc1. The second-order valence-corrected chi connectivity index (χ2v) is 5.26. The lowest BCUT2D eigenvalue weighted by Crippen LogP contribution is -2.28. The van der Waals surface area contributed by atoms with E-state index in [0.717, 1.165) is 17.1 Å². The fraction of sp³-hybridized carbons (Fsp3) is 0.167. The molecule has 2 amide bonds. The molecule has 0 aliphatic rings. The topological polar surface area (TPSA) is 81.1 Å². The van der Waals surface area contributed by atoms with Crippen LogP contribution in [-0.2, 0) is 6.54 Å². The van der Waals surface area contributed by atoms with Gasteiger partial charge in [0.2, 0.25) is 0 Å². The third-order valence-electron chi connectivity index (χ3n) is 3.45. The van der Waals surface area contributed by atoms with E-state index in [-0.39, 0.29) is 6.03 Å². The summed E-state index contributed by atoms with van der Waals surface area (Å²) in [6.07, 6.45) is 6.93. The minimum Gasteiger partial charge on any atom is -0.494 e. The molecule has 0 aliphatic heterocycles. The zero-order valence-corrected chi connectivity index (χ0v) is 13.8. The third kappa shape index (κ3) is 4.57. The summed E-state index contributed by atoms with van der Waals surface area (Å²) < 4.78 is 7.18. The van der Waals surface area contributed by atoms with E-state index < -0.39 is 0 Å². The van der Waals surface area contributed by atoms with Gasteiger partial charge >= 0.3 is 6.03 Å². The monoisotopic (exact) mass is 337 g/mol. The van der Waals surface area contributed by atoms with Crippen molar-refractivity contribution >= 4 is 11.7 Å². The number of aromatic nitrogens is 3. The molecule has 7 heteroatoms. The Balaban J connectivity index is 1.50. The molecule has 25 heavy (non-hydrogen) atoms. The number of anilines is 1. The summed E-state index contributed by atoms with van der Waals surface area (Å²) in [5, 5.41) is 5.58. The zero-order chi connectivity index (χ0) is 17.5. The van der Waals surface area contributed by atoms with Gasteiger partial charge in [0.15, 0.2) is 0 Å². The largest absolute Gasteiger partial charge is 0.494 e. The fourth-order valence-electron chi connectivity index (χ4n) is 2.23. The van der Waals surface area contributed by atoms with Crippen LogP contribution in [0.4, 0.5) is 10.5 Å². The van der Waals surface area contributed by atoms with Crippen LogP contribution in [0.1, 0.15) is 12.5 Å². The van der Waals surface area contributed by atoms with E-state index in [1.165, 1.54) is 0 Å². The van der Waals surface area contributed by atoms with Crippen molar-refractivity contribution in [3.05, 3.63) is 66.9 Å². The number of hydrogen-bond acceptors (Lipinski definition) is 4. The van der Waals surface area contributed by atoms with Gasteiger partial charge in [0.25, 0.3) is 0 Å². The van der Waals surface area contributed by atoms with Gasteiger partial charge in [-0.05, 0) is 42.8 Å². The average Bonchev–Trinajstić information content (AvgIpc) is 3.17. The van der Waals surface area contributed by atoms with Crippen LogP contribution in [0.2, 0.25) is 0 Å². The van der Waals surface area contributed by atoms with Crippen LogP contribution in [0.25, 0.3) is 5.82 Å². The van der Waals surface area contributed by atoms with Crippen molar-refractivity contribution in [2.75, 3.05) is 11.9 Å². The van der Waals surface area contributed by atoms with Crippen molar-refractivity contribution in [2.24, 2.45) is 0 Å². The lowest BCUT2D eigenvalue weighted by Gasteiger charge is -2.09. The number of ether oxygens (including phenoxy) is 1. The summed E-state index contributed by atoms with van der Waals surface area (Å²) >= 11 is 0. The lowest BCUT2D eigenvalue weighted by molar-refractivity contribution is 0.251. The maximum absolute atomic E-state index is 12.0. The van der Waals surface area contributed by atoms with Crippen molar-refractivity contribution in [2.45, 2.75) is 13.5 Å². The molecule has 7 nitrogen and oxygen atoms in total. The Hall–Kier alpha value is -3.35. The molecule has 3 aromatic rings. The number of carbonyl (C=O) groups excluding carboxylic acids is 1. The van der Waals surface area contributed by atoms with Crippen molar-refractivity contribution in [1.82, 2.24) is 19.9 Å². The summed E-state index contributed by atoms with van der Waals surface area (Å²) in [5.41, 5.74) is 1.61. The van der Waals surface area contributed by atoms with Crippen LogP contribution < -0.4 is 15.4 Å². The minimum absolute atomic E-state index is 0.275. The predicted octanol–water partition coefficient (Wildman–Crippen LogP) is 2.99. The number of pyridine rings is 1. The van der Waals surface area contributed by atoms with Gasteiger partial charge in [-0.1, -0.05) is 6.07 Å². The zero-order valence-electron chi connectivity index (χ0n) is 13.8. The van der Waals surface area contributed by atoms with Gasteiger partial charge in [-0.25, -0.2) is 14.8 Å². The standard InChI is InChI=1S/C18H19N5O2/c1-2-25-16-6-4-15(5-7-16)22-18(24)21-12-14-3-8-17(20-11-14)23-10-9-19-13-23/h3-11,13H,2,12H2,1H3,(H2,21,22,24). The number of carbonyl (C=O) groups is 1. The Kier molecular flexibility index (Phi) is 5.26. The second kappa shape index (κ2) is 7.96. The molecule has 0 aliphatic carbocycles. The highest BCUT2D eigenvalue weighted by Crippen LogP contribution is 2.15. The number of amides is 2. The van der Waals surface area contributed by atoms with Gasteiger partial charge in [-0.3, -0.25) is 4.57 Å². The van der Waals surface area contributed by atoms with Crippen LogP contribution >= 0.6 is 0 Å². The summed E-state index contributed by atoms with van der Waals surface area (Å²) in [4.78, 5) is 20.3. The molecular formula is C18H19N5O2. The van der Waals surface area contributed by atoms with E-state index in [1.807, 2.05) is 42.0 Å². The van der Waals surface area contributed by atoms with Crippen molar-refractivity contribution < 1.29 is 9.53 Å². The summed E-state index contributed by atoms with van der Waals surface area (Å²) in [6.45, 7) is 2.93. The third-order valence-corrected chi connectivity index (χ3v) is 3.45. The summed E-state index contributed by atoms with van der Waals surface area (Å²) in [5.74, 6) is 1.55. The molecule has 0 saturated carbocycles. The normalized spacial score (nSPS) is 10.3. The predicted molar refractivity (Wildman–Crippen MR) is 94.8 cm³/mol. The van der Waals surface area contributed by atoms with Gasteiger partial charge in [-0.15, -0.1) is 0 Å². The molecule has 2 N–H and O–H groups in total. The van der Waals surface area contributed by atoms with Crippen LogP contribution in [0.3, 0.4) is 0 Å². The Bertz CT molecular complexity index is 798. The lowest BCUT2D eigenvalue weighted by atomic mass is 10.3. The van der Waals surface area contributed by atoms with Crippen molar-refractivity contribution in [1.29, 1.82) is 0 Å². The van der Waals surface area contributed by atoms with E-state index in [0.29, 0.717) is 18.8 Å². The maximum Gasteiger partial charge on any atom is 0.319 e. The molecule has 0 atom stereocenters. The van der Waals surface area contributed by atoms with E-state index >= 15 is 0 Å². The number of rotatable bonds is 6. The van der Waals surface area contributed by atoms with E-state index in [9.17, 15) is 4.79 Å². The quantitative estimate of drug-likeness (QED) is 0.724. The van der Waals surface area contributed by atoms with Gasteiger partial charge < -0.3 is 15.4 Å². The van der Waals surface area contributed by atoms with Crippen LogP contribution in [-0.4, -0.2) is 27.2 Å². The van der Waals surface area contributed by atoms with Crippen LogP contribution in [0, 0.1) is 0 Å². The molecule has 128 valence electrons. The first-order valence-electron chi connectivity index (χ1n) is 7.95. The first-order chi connectivity index (χ1) is 12.2. The van der Waals surface area contributed by atoms with Gasteiger partial charge in [-0.2, -0.15) is 0 Å². The summed E-state index contributed by atoms with van der Waals surface area (Å²) in [7, 11) is 0. The highest BCUT2D eigenvalue weighted by Gasteiger charge is 2.03. The Morgan fingerprint density at radius 2 is 2.04 bits per heavy atom. The van der Waals surface area contributed by atoms with Crippen molar-refractivity contribution in [3.63, 3.8) is 0 Å². The van der Waals surface area contributed by atoms with E-state index in [4.69, 9.17) is 4.74 Å². The van der Waals surface area contributed by atoms with Gasteiger partial charge in [0.1, 0.15) is 17.9 Å². The molecule has 0 radical (unpaired) electrons. The van der Waals surface area contributed by atoms with E-state index in [1.54, 1.807) is 30.9 Å². The molecule has 1 aromatic carbocycles. The number of nitrogens with zero attached hydrogens (tertiary/aromatic N) is 3.